The molecule has 0 fully saturated rings. The highest BCUT2D eigenvalue weighted by Crippen LogP contribution is 2.48. The Morgan fingerprint density at radius 3 is 1.48 bits per heavy atom. The lowest BCUT2D eigenvalue weighted by atomic mass is 9.83. The fourth-order valence-electron chi connectivity index (χ4n) is 9.71. The quantitative estimate of drug-likeness (QED) is 0.125. The predicted molar refractivity (Wildman–Crippen MR) is 254 cm³/mol. The summed E-state index contributed by atoms with van der Waals surface area (Å²) in [5.74, 6) is 0. The molecule has 3 heteroatoms. The fourth-order valence-corrected chi connectivity index (χ4v) is 9.71. The zero-order valence-corrected chi connectivity index (χ0v) is 33.0. The predicted octanol–water partition coefficient (Wildman–Crippen LogP) is 15.3. The van der Waals surface area contributed by atoms with Crippen molar-refractivity contribution in [2.45, 2.75) is 0 Å². The topological polar surface area (TPSA) is 41.6 Å². The molecule has 12 aromatic rings. The van der Waals surface area contributed by atoms with Crippen molar-refractivity contribution in [1.29, 1.82) is 5.26 Å². The first-order valence-corrected chi connectivity index (χ1v) is 20.7. The highest BCUT2D eigenvalue weighted by Gasteiger charge is 2.22. The number of benzene rings is 10. The van der Waals surface area contributed by atoms with Crippen LogP contribution in [0, 0.1) is 11.3 Å². The van der Waals surface area contributed by atoms with Crippen molar-refractivity contribution < 1.29 is 0 Å². The van der Waals surface area contributed by atoms with E-state index in [-0.39, 0.29) is 0 Å². The van der Waals surface area contributed by atoms with E-state index in [0.717, 1.165) is 61.1 Å². The van der Waals surface area contributed by atoms with Crippen LogP contribution in [0.3, 0.4) is 0 Å². The van der Waals surface area contributed by atoms with Crippen molar-refractivity contribution in [3.8, 4) is 67.7 Å². The summed E-state index contributed by atoms with van der Waals surface area (Å²) in [6.45, 7) is 0. The molecule has 0 radical (unpaired) electrons. The van der Waals surface area contributed by atoms with Crippen LogP contribution in [0.5, 0.6) is 0 Å². The molecule has 2 heterocycles. The molecular formula is C58H35N3. The molecule has 0 aliphatic carbocycles. The van der Waals surface area contributed by atoms with E-state index in [1.165, 1.54) is 54.6 Å². The van der Waals surface area contributed by atoms with E-state index >= 15 is 0 Å². The maximum Gasteiger partial charge on any atom is 0.0998 e. The van der Waals surface area contributed by atoms with Gasteiger partial charge >= 0.3 is 0 Å². The molecule has 0 N–H and O–H groups in total. The first kappa shape index (κ1) is 34.7. The van der Waals surface area contributed by atoms with Gasteiger partial charge in [-0.15, -0.1) is 0 Å². The number of nitrogens with zero attached hydrogens (tertiary/aromatic N) is 3. The van der Waals surface area contributed by atoms with Crippen LogP contribution in [0.25, 0.3) is 116 Å². The molecule has 282 valence electrons. The van der Waals surface area contributed by atoms with Crippen LogP contribution >= 0.6 is 0 Å². The third-order valence-corrected chi connectivity index (χ3v) is 12.4. The van der Waals surface area contributed by atoms with Crippen molar-refractivity contribution in [3.05, 3.63) is 218 Å². The SMILES string of the molecule is N#Cc1ccc2c3c1ccc1c(-c4ccc5c(-c6ccccc6)c6cc(-c7cccc(-c8ccccc8)n7)ccc6c(-c6ccccc6)c5c4)ccc(c13)n2-c1ccccc1. The second kappa shape index (κ2) is 13.9. The van der Waals surface area contributed by atoms with E-state index in [0.29, 0.717) is 5.56 Å². The number of pyridine rings is 1. The third-order valence-electron chi connectivity index (χ3n) is 12.4. The summed E-state index contributed by atoms with van der Waals surface area (Å²) < 4.78 is 2.34. The smallest absolute Gasteiger partial charge is 0.0998 e. The lowest BCUT2D eigenvalue weighted by Gasteiger charge is -2.20. The summed E-state index contributed by atoms with van der Waals surface area (Å²) in [5, 5.41) is 19.4. The minimum absolute atomic E-state index is 0.688. The molecule has 10 aromatic carbocycles. The van der Waals surface area contributed by atoms with Crippen LogP contribution in [-0.2, 0) is 0 Å². The van der Waals surface area contributed by atoms with E-state index in [9.17, 15) is 5.26 Å². The van der Waals surface area contributed by atoms with Gasteiger partial charge in [-0.3, -0.25) is 0 Å². The lowest BCUT2D eigenvalue weighted by molar-refractivity contribution is 1.18. The standard InChI is InChI=1S/C58H35N3/c59-36-42-26-32-53-57-45(42)29-30-46-44(31-33-54(58(46)57)61(53)43-20-11-4-12-21-43)40-24-27-47-49(34-40)55(38-16-7-2-8-17-38)48-28-25-41(35-50(48)56(47)39-18-9-3-10-19-39)52-23-13-22-51(60-52)37-14-5-1-6-15-37/h1-35H. The minimum Gasteiger partial charge on any atom is -0.309 e. The Kier molecular flexibility index (Phi) is 7.91. The fraction of sp³-hybridized carbons (Fsp3) is 0. The summed E-state index contributed by atoms with van der Waals surface area (Å²) in [5.41, 5.74) is 15.1. The minimum atomic E-state index is 0.688. The third kappa shape index (κ3) is 5.47. The number of nitriles is 1. The number of hydrogen-bond donors (Lipinski definition) is 0. The van der Waals surface area contributed by atoms with Crippen molar-refractivity contribution in [2.75, 3.05) is 0 Å². The molecule has 0 spiro atoms. The van der Waals surface area contributed by atoms with Gasteiger partial charge in [-0.2, -0.15) is 5.26 Å². The van der Waals surface area contributed by atoms with E-state index in [1.807, 2.05) is 12.1 Å². The van der Waals surface area contributed by atoms with Gasteiger partial charge in [0.25, 0.3) is 0 Å². The Hall–Kier alpha value is -8.32. The van der Waals surface area contributed by atoms with Gasteiger partial charge in [-0.05, 0) is 115 Å². The van der Waals surface area contributed by atoms with Gasteiger partial charge in [0.1, 0.15) is 0 Å². The summed E-state index contributed by atoms with van der Waals surface area (Å²) in [4.78, 5) is 5.18. The van der Waals surface area contributed by atoms with Crippen LogP contribution < -0.4 is 0 Å². The van der Waals surface area contributed by atoms with Gasteiger partial charge in [0.2, 0.25) is 0 Å². The average molecular weight is 774 g/mol. The number of hydrogen-bond acceptors (Lipinski definition) is 2. The number of fused-ring (bicyclic) bond motifs is 2. The molecule has 0 amide bonds. The Morgan fingerprint density at radius 1 is 0.361 bits per heavy atom. The molecule has 0 aliphatic rings. The van der Waals surface area contributed by atoms with Crippen LogP contribution in [0.2, 0.25) is 0 Å². The summed E-state index contributed by atoms with van der Waals surface area (Å²) >= 11 is 0. The number of para-hydroxylation sites is 1. The van der Waals surface area contributed by atoms with Crippen molar-refractivity contribution in [1.82, 2.24) is 9.55 Å². The van der Waals surface area contributed by atoms with Gasteiger partial charge in [0.15, 0.2) is 0 Å². The molecule has 3 nitrogen and oxygen atoms in total. The van der Waals surface area contributed by atoms with E-state index in [4.69, 9.17) is 4.98 Å². The molecule has 0 saturated heterocycles. The Bertz CT molecular complexity index is 3680. The summed E-state index contributed by atoms with van der Waals surface area (Å²) in [6.07, 6.45) is 0. The normalized spacial score (nSPS) is 11.6. The van der Waals surface area contributed by atoms with Crippen molar-refractivity contribution in [3.63, 3.8) is 0 Å². The molecule has 0 bridgehead atoms. The van der Waals surface area contributed by atoms with Crippen molar-refractivity contribution >= 4 is 54.1 Å². The molecule has 61 heavy (non-hydrogen) atoms. The molecule has 0 aliphatic heterocycles. The first-order chi connectivity index (χ1) is 30.2. The van der Waals surface area contributed by atoms with Crippen LogP contribution in [0.15, 0.2) is 212 Å². The van der Waals surface area contributed by atoms with E-state index in [1.54, 1.807) is 0 Å². The lowest BCUT2D eigenvalue weighted by Crippen LogP contribution is -1.94. The maximum atomic E-state index is 10.2. The zero-order chi connectivity index (χ0) is 40.4. The molecule has 12 rings (SSSR count). The highest BCUT2D eigenvalue weighted by molar-refractivity contribution is 6.28. The van der Waals surface area contributed by atoms with Crippen molar-refractivity contribution in [2.24, 2.45) is 0 Å². The molecule has 0 saturated carbocycles. The second-order valence-electron chi connectivity index (χ2n) is 15.7. The summed E-state index contributed by atoms with van der Waals surface area (Å²) in [7, 11) is 0. The molecule has 0 atom stereocenters. The molecular weight excluding hydrogens is 739 g/mol. The first-order valence-electron chi connectivity index (χ1n) is 20.7. The Balaban J connectivity index is 1.14. The second-order valence-corrected chi connectivity index (χ2v) is 15.7. The summed E-state index contributed by atoms with van der Waals surface area (Å²) in [6, 6.07) is 78.1. The Morgan fingerprint density at radius 2 is 0.852 bits per heavy atom. The van der Waals surface area contributed by atoms with Crippen LogP contribution in [-0.4, -0.2) is 9.55 Å². The van der Waals surface area contributed by atoms with Gasteiger partial charge in [0, 0.05) is 33.0 Å². The number of rotatable bonds is 6. The Labute approximate surface area is 353 Å². The maximum absolute atomic E-state index is 10.2. The largest absolute Gasteiger partial charge is 0.309 e. The molecule has 2 aromatic heterocycles. The van der Waals surface area contributed by atoms with Crippen LogP contribution in [0.1, 0.15) is 5.56 Å². The van der Waals surface area contributed by atoms with Gasteiger partial charge in [-0.25, -0.2) is 4.98 Å². The van der Waals surface area contributed by atoms with E-state index < -0.39 is 0 Å². The van der Waals surface area contributed by atoms with Gasteiger partial charge in [-0.1, -0.05) is 158 Å². The number of aromatic nitrogens is 2. The van der Waals surface area contributed by atoms with E-state index in [2.05, 4.69) is 211 Å². The highest BCUT2D eigenvalue weighted by atomic mass is 15.0. The molecule has 0 unspecified atom stereocenters. The average Bonchev–Trinajstić information content (AvgIpc) is 3.68. The zero-order valence-electron chi connectivity index (χ0n) is 33.0. The monoisotopic (exact) mass is 773 g/mol. The van der Waals surface area contributed by atoms with Gasteiger partial charge in [0.05, 0.1) is 34.1 Å². The van der Waals surface area contributed by atoms with Gasteiger partial charge < -0.3 is 4.57 Å². The van der Waals surface area contributed by atoms with Crippen LogP contribution in [0.4, 0.5) is 0 Å².